The molecule has 0 aliphatic heterocycles. The Morgan fingerprint density at radius 2 is 1.08 bits per heavy atom. The maximum atomic E-state index is 2.52. The monoisotopic (exact) mass is 609 g/mol. The molecule has 0 unspecified atom stereocenters. The van der Waals surface area contributed by atoms with Gasteiger partial charge >= 0.3 is 0 Å². The van der Waals surface area contributed by atoms with Crippen LogP contribution in [0.3, 0.4) is 0 Å². The number of benzene rings is 8. The maximum absolute atomic E-state index is 2.52. The van der Waals surface area contributed by atoms with Crippen molar-refractivity contribution in [2.45, 2.75) is 19.3 Å². The van der Waals surface area contributed by atoms with Gasteiger partial charge in [0.1, 0.15) is 0 Å². The third kappa shape index (κ3) is 3.26. The van der Waals surface area contributed by atoms with E-state index in [0.717, 1.165) is 0 Å². The fourth-order valence-corrected chi connectivity index (χ4v) is 9.18. The molecule has 9 aromatic rings. The van der Waals surface area contributed by atoms with Gasteiger partial charge in [-0.15, -0.1) is 0 Å². The van der Waals surface area contributed by atoms with Crippen molar-refractivity contribution in [1.29, 1.82) is 0 Å². The molecule has 1 aromatic heterocycles. The van der Waals surface area contributed by atoms with Crippen LogP contribution in [0.1, 0.15) is 25.0 Å². The highest BCUT2D eigenvalue weighted by Crippen LogP contribution is 2.53. The highest BCUT2D eigenvalue weighted by Gasteiger charge is 2.38. The van der Waals surface area contributed by atoms with E-state index in [2.05, 4.69) is 170 Å². The molecule has 2 aliphatic rings. The summed E-state index contributed by atoms with van der Waals surface area (Å²) in [5.74, 6) is 0. The fraction of sp³-hybridized carbons (Fsp3) is 0.0638. The van der Waals surface area contributed by atoms with Gasteiger partial charge in [0.05, 0.1) is 11.0 Å². The van der Waals surface area contributed by atoms with Gasteiger partial charge in [-0.3, -0.25) is 0 Å². The number of nitrogens with zero attached hydrogens (tertiary/aromatic N) is 1. The van der Waals surface area contributed by atoms with Crippen molar-refractivity contribution >= 4 is 43.4 Å². The summed E-state index contributed by atoms with van der Waals surface area (Å²) in [6.45, 7) is 4.78. The molecule has 8 aromatic carbocycles. The van der Waals surface area contributed by atoms with Crippen LogP contribution in [0.2, 0.25) is 0 Å². The number of hydrogen-bond donors (Lipinski definition) is 0. The summed E-state index contributed by atoms with van der Waals surface area (Å²) < 4.78 is 2.52. The van der Waals surface area contributed by atoms with Crippen molar-refractivity contribution in [3.05, 3.63) is 163 Å². The zero-order valence-corrected chi connectivity index (χ0v) is 26.9. The lowest BCUT2D eigenvalue weighted by atomic mass is 9.81. The Balaban J connectivity index is 1.11. The summed E-state index contributed by atoms with van der Waals surface area (Å²) in [6.07, 6.45) is 0. The van der Waals surface area contributed by atoms with Gasteiger partial charge in [-0.25, -0.2) is 0 Å². The number of hydrogen-bond acceptors (Lipinski definition) is 0. The van der Waals surface area contributed by atoms with Crippen LogP contribution in [-0.2, 0) is 5.41 Å². The molecule has 0 N–H and O–H groups in total. The molecule has 0 atom stereocenters. The van der Waals surface area contributed by atoms with E-state index >= 15 is 0 Å². The molecule has 11 rings (SSSR count). The average molecular weight is 610 g/mol. The molecule has 0 saturated heterocycles. The van der Waals surface area contributed by atoms with E-state index in [1.807, 2.05) is 0 Å². The summed E-state index contributed by atoms with van der Waals surface area (Å²) in [7, 11) is 0. The second-order valence-electron chi connectivity index (χ2n) is 14.1. The van der Waals surface area contributed by atoms with Crippen LogP contribution in [0.25, 0.3) is 93.5 Å². The minimum absolute atomic E-state index is 0.107. The molecule has 0 bridgehead atoms. The molecule has 0 radical (unpaired) electrons. The first-order chi connectivity index (χ1) is 23.6. The van der Waals surface area contributed by atoms with E-state index in [9.17, 15) is 0 Å². The highest BCUT2D eigenvalue weighted by atomic mass is 15.0. The fourth-order valence-electron chi connectivity index (χ4n) is 9.18. The standard InChI is InChI=1S/C47H31N/c1-47(2)42-16-7-5-12-35(42)40-24-25-41-36-13-6-8-17-43(36)48(46(41)45(40)47)31-21-20-28-26-30(19-18-29(28)27-31)32-22-23-39-34-11-4-3-10-33(34)38-15-9-14-37(32)44(38)39/h3-27H,1-2H3. The van der Waals surface area contributed by atoms with E-state index in [-0.39, 0.29) is 5.41 Å². The smallest absolute Gasteiger partial charge is 0.0588 e. The highest BCUT2D eigenvalue weighted by molar-refractivity contribution is 6.19. The zero-order chi connectivity index (χ0) is 31.7. The van der Waals surface area contributed by atoms with Crippen LogP contribution in [0, 0.1) is 0 Å². The lowest BCUT2D eigenvalue weighted by molar-refractivity contribution is 0.664. The van der Waals surface area contributed by atoms with Crippen LogP contribution in [0.5, 0.6) is 0 Å². The Labute approximate surface area is 279 Å². The molecule has 48 heavy (non-hydrogen) atoms. The Bertz CT molecular complexity index is 2830. The molecule has 0 spiro atoms. The normalized spacial score (nSPS) is 13.8. The van der Waals surface area contributed by atoms with Crippen LogP contribution < -0.4 is 0 Å². The summed E-state index contributed by atoms with van der Waals surface area (Å²) in [4.78, 5) is 0. The molecular weight excluding hydrogens is 579 g/mol. The Kier molecular flexibility index (Phi) is 4.97. The first-order valence-electron chi connectivity index (χ1n) is 16.9. The third-order valence-electron chi connectivity index (χ3n) is 11.3. The average Bonchev–Trinajstić information content (AvgIpc) is 3.72. The van der Waals surface area contributed by atoms with Crippen LogP contribution >= 0.6 is 0 Å². The van der Waals surface area contributed by atoms with Gasteiger partial charge in [0.15, 0.2) is 0 Å². The van der Waals surface area contributed by atoms with Gasteiger partial charge < -0.3 is 4.57 Å². The van der Waals surface area contributed by atoms with Crippen molar-refractivity contribution < 1.29 is 0 Å². The van der Waals surface area contributed by atoms with Gasteiger partial charge in [-0.05, 0) is 101 Å². The Morgan fingerprint density at radius 1 is 0.438 bits per heavy atom. The van der Waals surface area contributed by atoms with E-state index in [1.54, 1.807) is 0 Å². The quantitative estimate of drug-likeness (QED) is 0.184. The van der Waals surface area contributed by atoms with E-state index in [0.29, 0.717) is 0 Å². The zero-order valence-electron chi connectivity index (χ0n) is 26.9. The Hall–Kier alpha value is -5.92. The topological polar surface area (TPSA) is 4.93 Å². The molecule has 0 saturated carbocycles. The minimum Gasteiger partial charge on any atom is -0.309 e. The second kappa shape index (κ2) is 9.12. The molecule has 1 heterocycles. The van der Waals surface area contributed by atoms with E-state index < -0.39 is 0 Å². The molecule has 1 nitrogen and oxygen atoms in total. The maximum Gasteiger partial charge on any atom is 0.0588 e. The number of rotatable bonds is 2. The first kappa shape index (κ1) is 26.2. The predicted molar refractivity (Wildman–Crippen MR) is 203 cm³/mol. The number of fused-ring (bicyclic) bond motifs is 11. The molecule has 2 aliphatic carbocycles. The van der Waals surface area contributed by atoms with Gasteiger partial charge in [-0.2, -0.15) is 0 Å². The number of aromatic nitrogens is 1. The second-order valence-corrected chi connectivity index (χ2v) is 14.1. The molecular formula is C47H31N. The molecule has 224 valence electrons. The van der Waals surface area contributed by atoms with E-state index in [4.69, 9.17) is 0 Å². The summed E-state index contributed by atoms with van der Waals surface area (Å²) in [5.41, 5.74) is 17.1. The van der Waals surface area contributed by atoms with Gasteiger partial charge in [0.2, 0.25) is 0 Å². The minimum atomic E-state index is -0.107. The van der Waals surface area contributed by atoms with Gasteiger partial charge in [-0.1, -0.05) is 141 Å². The van der Waals surface area contributed by atoms with Crippen molar-refractivity contribution in [2.24, 2.45) is 0 Å². The molecule has 0 fully saturated rings. The predicted octanol–water partition coefficient (Wildman–Crippen LogP) is 12.7. The van der Waals surface area contributed by atoms with Crippen molar-refractivity contribution in [2.75, 3.05) is 0 Å². The first-order valence-corrected chi connectivity index (χ1v) is 16.9. The van der Waals surface area contributed by atoms with Crippen molar-refractivity contribution in [3.8, 4) is 50.2 Å². The van der Waals surface area contributed by atoms with Crippen LogP contribution in [0.4, 0.5) is 0 Å². The Morgan fingerprint density at radius 3 is 1.96 bits per heavy atom. The van der Waals surface area contributed by atoms with Crippen LogP contribution in [0.15, 0.2) is 152 Å². The third-order valence-corrected chi connectivity index (χ3v) is 11.3. The van der Waals surface area contributed by atoms with Crippen molar-refractivity contribution in [1.82, 2.24) is 4.57 Å². The van der Waals surface area contributed by atoms with Crippen molar-refractivity contribution in [3.63, 3.8) is 0 Å². The molecule has 0 amide bonds. The number of para-hydroxylation sites is 1. The summed E-state index contributed by atoms with van der Waals surface area (Å²) >= 11 is 0. The largest absolute Gasteiger partial charge is 0.309 e. The summed E-state index contributed by atoms with van der Waals surface area (Å²) in [6, 6.07) is 56.7. The molecule has 1 heteroatoms. The van der Waals surface area contributed by atoms with Gasteiger partial charge in [0.25, 0.3) is 0 Å². The lowest BCUT2D eigenvalue weighted by Crippen LogP contribution is -2.16. The lowest BCUT2D eigenvalue weighted by Gasteiger charge is -2.23. The van der Waals surface area contributed by atoms with Crippen LogP contribution in [-0.4, -0.2) is 4.57 Å². The summed E-state index contributed by atoms with van der Waals surface area (Å²) in [5, 5.41) is 7.80. The SMILES string of the molecule is CC1(C)c2ccccc2-c2ccc3c4ccccc4n(-c4ccc5cc(-c6ccc7c8c(cccc68)-c6ccccc6-7)ccc5c4)c3c21. The van der Waals surface area contributed by atoms with E-state index in [1.165, 1.54) is 105 Å². The van der Waals surface area contributed by atoms with Gasteiger partial charge in [0, 0.05) is 21.9 Å².